The predicted molar refractivity (Wildman–Crippen MR) is 64.9 cm³/mol. The predicted octanol–water partition coefficient (Wildman–Crippen LogP) is 1.60. The number of carbonyl (C=O) groups excluding carboxylic acids is 1. The first kappa shape index (κ1) is 12.5. The Balaban J connectivity index is 0.00000112. The minimum absolute atomic E-state index is 0. The average Bonchev–Trinajstić information content (AvgIpc) is 2.88. The van der Waals surface area contributed by atoms with E-state index < -0.39 is 0 Å². The maximum Gasteiger partial charge on any atom is 0.263 e. The fourth-order valence-corrected chi connectivity index (χ4v) is 2.43. The number of nitrogens with one attached hydrogen (secondary N) is 1. The third kappa shape index (κ3) is 2.71. The van der Waals surface area contributed by atoms with Crippen LogP contribution in [0.5, 0.6) is 0 Å². The summed E-state index contributed by atoms with van der Waals surface area (Å²) in [6, 6.07) is 4.28. The third-order valence-electron chi connectivity index (χ3n) is 2.62. The number of thiophene rings is 1. The Kier molecular flexibility index (Phi) is 4.57. The number of hydrogen-bond acceptors (Lipinski definition) is 3. The number of likely N-dealkylation sites (tertiary alicyclic amines) is 1. The van der Waals surface area contributed by atoms with Gasteiger partial charge in [-0.3, -0.25) is 4.79 Å². The van der Waals surface area contributed by atoms with Gasteiger partial charge in [0, 0.05) is 19.1 Å². The van der Waals surface area contributed by atoms with Crippen LogP contribution in [0.1, 0.15) is 16.1 Å². The number of likely N-dealkylation sites (N-methyl/N-ethyl adjacent to an activating group) is 1. The Morgan fingerprint density at radius 2 is 2.47 bits per heavy atom. The molecule has 0 spiro atoms. The van der Waals surface area contributed by atoms with E-state index in [-0.39, 0.29) is 18.3 Å². The number of rotatable bonds is 2. The normalized spacial score (nSPS) is 20.1. The molecule has 3 nitrogen and oxygen atoms in total. The Bertz CT molecular complexity index is 315. The van der Waals surface area contributed by atoms with E-state index in [2.05, 4.69) is 5.32 Å². The van der Waals surface area contributed by atoms with Crippen LogP contribution in [-0.2, 0) is 0 Å². The van der Waals surface area contributed by atoms with Crippen molar-refractivity contribution in [1.82, 2.24) is 10.2 Å². The molecule has 1 atom stereocenters. The topological polar surface area (TPSA) is 32.3 Å². The SMILES string of the molecule is CNC1CCN(C(=O)c2cccs2)C1.Cl. The highest BCUT2D eigenvalue weighted by Gasteiger charge is 2.25. The molecule has 0 aromatic carbocycles. The lowest BCUT2D eigenvalue weighted by molar-refractivity contribution is 0.0794. The second-order valence-electron chi connectivity index (χ2n) is 3.50. The van der Waals surface area contributed by atoms with Crippen LogP contribution in [0.4, 0.5) is 0 Å². The molecule has 2 heterocycles. The second-order valence-corrected chi connectivity index (χ2v) is 4.45. The zero-order chi connectivity index (χ0) is 9.97. The zero-order valence-corrected chi connectivity index (χ0v) is 10.2. The molecule has 0 bridgehead atoms. The van der Waals surface area contributed by atoms with Gasteiger partial charge in [-0.25, -0.2) is 0 Å². The van der Waals surface area contributed by atoms with E-state index in [1.54, 1.807) is 0 Å². The maximum atomic E-state index is 11.9. The van der Waals surface area contributed by atoms with Crippen LogP contribution < -0.4 is 5.32 Å². The summed E-state index contributed by atoms with van der Waals surface area (Å²) in [6.45, 7) is 1.72. The van der Waals surface area contributed by atoms with Crippen molar-refractivity contribution in [3.63, 3.8) is 0 Å². The van der Waals surface area contributed by atoms with Crippen molar-refractivity contribution in [3.05, 3.63) is 22.4 Å². The standard InChI is InChI=1S/C10H14N2OS.ClH/c1-11-8-4-5-12(7-8)10(13)9-3-2-6-14-9;/h2-3,6,8,11H,4-5,7H2,1H3;1H. The van der Waals surface area contributed by atoms with E-state index in [1.807, 2.05) is 29.5 Å². The molecular formula is C10H15ClN2OS. The highest BCUT2D eigenvalue weighted by molar-refractivity contribution is 7.12. The molecule has 1 aliphatic heterocycles. The van der Waals surface area contributed by atoms with Gasteiger partial charge in [-0.15, -0.1) is 23.7 Å². The Morgan fingerprint density at radius 1 is 1.67 bits per heavy atom. The second kappa shape index (κ2) is 5.49. The van der Waals surface area contributed by atoms with Crippen molar-refractivity contribution in [2.45, 2.75) is 12.5 Å². The lowest BCUT2D eigenvalue weighted by Gasteiger charge is -2.14. The fourth-order valence-electron chi connectivity index (χ4n) is 1.74. The molecule has 0 radical (unpaired) electrons. The lowest BCUT2D eigenvalue weighted by atomic mass is 10.3. The van der Waals surface area contributed by atoms with Gasteiger partial charge < -0.3 is 10.2 Å². The summed E-state index contributed by atoms with van der Waals surface area (Å²) in [6.07, 6.45) is 1.06. The van der Waals surface area contributed by atoms with Crippen molar-refractivity contribution >= 4 is 29.7 Å². The smallest absolute Gasteiger partial charge is 0.263 e. The maximum absolute atomic E-state index is 11.9. The van der Waals surface area contributed by atoms with Gasteiger partial charge in [-0.05, 0) is 24.9 Å². The number of amides is 1. The minimum Gasteiger partial charge on any atom is -0.336 e. The van der Waals surface area contributed by atoms with Crippen LogP contribution in [0.15, 0.2) is 17.5 Å². The first-order valence-electron chi connectivity index (χ1n) is 4.81. The number of hydrogen-bond donors (Lipinski definition) is 1. The van der Waals surface area contributed by atoms with Crippen LogP contribution in [0.3, 0.4) is 0 Å². The first-order chi connectivity index (χ1) is 6.81. The molecular weight excluding hydrogens is 232 g/mol. The summed E-state index contributed by atoms with van der Waals surface area (Å²) in [4.78, 5) is 14.7. The monoisotopic (exact) mass is 246 g/mol. The van der Waals surface area contributed by atoms with E-state index in [9.17, 15) is 4.79 Å². The first-order valence-corrected chi connectivity index (χ1v) is 5.69. The molecule has 84 valence electrons. The molecule has 5 heteroatoms. The van der Waals surface area contributed by atoms with Crippen molar-refractivity contribution in [2.24, 2.45) is 0 Å². The fraction of sp³-hybridized carbons (Fsp3) is 0.500. The summed E-state index contributed by atoms with van der Waals surface area (Å²) in [5, 5.41) is 5.15. The van der Waals surface area contributed by atoms with Gasteiger partial charge in [-0.2, -0.15) is 0 Å². The summed E-state index contributed by atoms with van der Waals surface area (Å²) in [5.41, 5.74) is 0. The lowest BCUT2D eigenvalue weighted by Crippen LogP contribution is -2.33. The van der Waals surface area contributed by atoms with Gasteiger partial charge in [0.1, 0.15) is 0 Å². The van der Waals surface area contributed by atoms with Crippen molar-refractivity contribution < 1.29 is 4.79 Å². The molecule has 0 aliphatic carbocycles. The molecule has 1 fully saturated rings. The molecule has 1 amide bonds. The molecule has 1 aromatic heterocycles. The van der Waals surface area contributed by atoms with Gasteiger partial charge in [0.15, 0.2) is 0 Å². The molecule has 2 rings (SSSR count). The van der Waals surface area contributed by atoms with Crippen LogP contribution in [0.2, 0.25) is 0 Å². The highest BCUT2D eigenvalue weighted by atomic mass is 35.5. The van der Waals surface area contributed by atoms with E-state index in [1.165, 1.54) is 11.3 Å². The van der Waals surface area contributed by atoms with Gasteiger partial charge >= 0.3 is 0 Å². The van der Waals surface area contributed by atoms with Gasteiger partial charge in [0.05, 0.1) is 4.88 Å². The quantitative estimate of drug-likeness (QED) is 0.860. The number of halogens is 1. The number of nitrogens with zero attached hydrogens (tertiary/aromatic N) is 1. The van der Waals surface area contributed by atoms with Gasteiger partial charge in [0.2, 0.25) is 0 Å². The molecule has 1 unspecified atom stereocenters. The zero-order valence-electron chi connectivity index (χ0n) is 8.60. The van der Waals surface area contributed by atoms with Crippen molar-refractivity contribution in [3.8, 4) is 0 Å². The van der Waals surface area contributed by atoms with Gasteiger partial charge in [0.25, 0.3) is 5.91 Å². The molecule has 0 saturated carbocycles. The summed E-state index contributed by atoms with van der Waals surface area (Å²) >= 11 is 1.52. The van der Waals surface area contributed by atoms with Crippen LogP contribution in [0, 0.1) is 0 Å². The average molecular weight is 247 g/mol. The minimum atomic E-state index is 0. The van der Waals surface area contributed by atoms with E-state index >= 15 is 0 Å². The Labute approximate surface area is 99.9 Å². The molecule has 1 N–H and O–H groups in total. The van der Waals surface area contributed by atoms with Crippen LogP contribution in [0.25, 0.3) is 0 Å². The number of carbonyl (C=O) groups is 1. The highest BCUT2D eigenvalue weighted by Crippen LogP contribution is 2.16. The van der Waals surface area contributed by atoms with E-state index in [0.717, 1.165) is 24.4 Å². The molecule has 1 aromatic rings. The largest absolute Gasteiger partial charge is 0.336 e. The Hall–Kier alpha value is -0.580. The molecule has 1 saturated heterocycles. The van der Waals surface area contributed by atoms with Crippen LogP contribution in [-0.4, -0.2) is 37.0 Å². The third-order valence-corrected chi connectivity index (χ3v) is 3.47. The van der Waals surface area contributed by atoms with Crippen molar-refractivity contribution in [1.29, 1.82) is 0 Å². The summed E-state index contributed by atoms with van der Waals surface area (Å²) in [5.74, 6) is 0.178. The van der Waals surface area contributed by atoms with Crippen molar-refractivity contribution in [2.75, 3.05) is 20.1 Å². The van der Waals surface area contributed by atoms with E-state index in [4.69, 9.17) is 0 Å². The molecule has 1 aliphatic rings. The Morgan fingerprint density at radius 3 is 3.00 bits per heavy atom. The van der Waals surface area contributed by atoms with Gasteiger partial charge in [-0.1, -0.05) is 6.07 Å². The molecule has 15 heavy (non-hydrogen) atoms. The van der Waals surface area contributed by atoms with E-state index in [0.29, 0.717) is 6.04 Å². The van der Waals surface area contributed by atoms with Crippen LogP contribution >= 0.6 is 23.7 Å². The summed E-state index contributed by atoms with van der Waals surface area (Å²) < 4.78 is 0. The summed E-state index contributed by atoms with van der Waals surface area (Å²) in [7, 11) is 1.95.